The van der Waals surface area contributed by atoms with Crippen LogP contribution in [-0.2, 0) is 11.2 Å². The Morgan fingerprint density at radius 3 is 2.60 bits per heavy atom. The summed E-state index contributed by atoms with van der Waals surface area (Å²) in [6.45, 7) is 4.13. The highest BCUT2D eigenvalue weighted by Gasteiger charge is 2.26. The van der Waals surface area contributed by atoms with E-state index in [4.69, 9.17) is 4.74 Å². The summed E-state index contributed by atoms with van der Waals surface area (Å²) in [7, 11) is 1.42. The van der Waals surface area contributed by atoms with Crippen molar-refractivity contribution in [1.29, 1.82) is 0 Å². The number of aromatic carboxylic acids is 1. The molecule has 6 nitrogen and oxygen atoms in total. The molecule has 1 amide bonds. The zero-order chi connectivity index (χ0) is 24.9. The molecule has 1 aliphatic heterocycles. The molecule has 8 heteroatoms. The number of nitrogens with one attached hydrogen (secondary N) is 1. The van der Waals surface area contributed by atoms with Crippen molar-refractivity contribution in [2.24, 2.45) is 0 Å². The van der Waals surface area contributed by atoms with Gasteiger partial charge in [0.2, 0.25) is 5.91 Å². The minimum absolute atomic E-state index is 0.0473. The van der Waals surface area contributed by atoms with E-state index in [0.29, 0.717) is 10.0 Å². The van der Waals surface area contributed by atoms with E-state index in [1.807, 2.05) is 11.4 Å². The van der Waals surface area contributed by atoms with Crippen molar-refractivity contribution in [3.8, 4) is 5.75 Å². The van der Waals surface area contributed by atoms with Gasteiger partial charge in [-0.1, -0.05) is 34.1 Å². The number of carbonyl (C=O) groups excluding carboxylic acids is 1. The lowest BCUT2D eigenvalue weighted by Crippen LogP contribution is -2.34. The predicted molar refractivity (Wildman–Crippen MR) is 143 cm³/mol. The first-order valence-electron chi connectivity index (χ1n) is 11.7. The smallest absolute Gasteiger partial charge is 0.339 e. The molecule has 0 aliphatic carbocycles. The number of thiophene rings is 1. The fraction of sp³-hybridized carbons (Fsp3) is 0.333. The predicted octanol–water partition coefficient (Wildman–Crippen LogP) is 5.96. The molecule has 1 fully saturated rings. The molecule has 0 saturated carbocycles. The van der Waals surface area contributed by atoms with E-state index in [9.17, 15) is 14.7 Å². The number of hydrogen-bond donors (Lipinski definition) is 2. The van der Waals surface area contributed by atoms with Crippen LogP contribution in [0.15, 0.2) is 52.3 Å². The summed E-state index contributed by atoms with van der Waals surface area (Å²) in [5.74, 6) is -1.01. The molecule has 0 bridgehead atoms. The zero-order valence-corrected chi connectivity index (χ0v) is 22.2. The summed E-state index contributed by atoms with van der Waals surface area (Å²) in [5, 5.41) is 14.7. The van der Waals surface area contributed by atoms with Gasteiger partial charge in [0, 0.05) is 33.7 Å². The maximum atomic E-state index is 13.4. The quantitative estimate of drug-likeness (QED) is 0.357. The molecule has 2 aromatic carbocycles. The van der Waals surface area contributed by atoms with Gasteiger partial charge in [-0.15, -0.1) is 11.3 Å². The highest BCUT2D eigenvalue weighted by atomic mass is 79.9. The number of aryl methyl sites for hydroxylation is 1. The van der Waals surface area contributed by atoms with Crippen LogP contribution in [-0.4, -0.2) is 37.2 Å². The molecule has 1 saturated heterocycles. The van der Waals surface area contributed by atoms with Crippen molar-refractivity contribution in [1.82, 2.24) is 5.32 Å². The number of carboxylic acid groups (broad SMARTS) is 1. The molecule has 1 aromatic heterocycles. The van der Waals surface area contributed by atoms with Gasteiger partial charge in [-0.05, 0) is 67.0 Å². The lowest BCUT2D eigenvalue weighted by molar-refractivity contribution is -0.120. The first kappa shape index (κ1) is 25.3. The summed E-state index contributed by atoms with van der Waals surface area (Å²) in [6.07, 6.45) is 3.68. The van der Waals surface area contributed by atoms with Crippen molar-refractivity contribution in [2.45, 2.75) is 38.6 Å². The van der Waals surface area contributed by atoms with Crippen LogP contribution in [0.3, 0.4) is 0 Å². The number of amides is 1. The largest absolute Gasteiger partial charge is 0.496 e. The van der Waals surface area contributed by atoms with Gasteiger partial charge in [-0.3, -0.25) is 4.79 Å². The highest BCUT2D eigenvalue weighted by molar-refractivity contribution is 9.10. The van der Waals surface area contributed by atoms with Gasteiger partial charge in [0.15, 0.2) is 0 Å². The second kappa shape index (κ2) is 11.3. The molecular formula is C27H29BrN2O4S. The number of nitrogens with zero attached hydrogens (tertiary/aromatic N) is 1. The van der Waals surface area contributed by atoms with Gasteiger partial charge in [0.25, 0.3) is 0 Å². The van der Waals surface area contributed by atoms with Crippen LogP contribution in [0.1, 0.15) is 57.2 Å². The van der Waals surface area contributed by atoms with Crippen LogP contribution in [0, 0.1) is 6.92 Å². The average Bonchev–Trinajstić information content (AvgIpc) is 3.39. The molecule has 35 heavy (non-hydrogen) atoms. The Morgan fingerprint density at radius 2 is 1.94 bits per heavy atom. The number of halogens is 1. The third-order valence-corrected chi connectivity index (χ3v) is 8.04. The van der Waals surface area contributed by atoms with Gasteiger partial charge in [-0.25, -0.2) is 4.79 Å². The minimum Gasteiger partial charge on any atom is -0.496 e. The summed E-state index contributed by atoms with van der Waals surface area (Å²) >= 11 is 5.05. The van der Waals surface area contributed by atoms with Crippen LogP contribution in [0.4, 0.5) is 5.69 Å². The Morgan fingerprint density at radius 1 is 1.17 bits per heavy atom. The number of ether oxygens (including phenoxy) is 1. The first-order valence-corrected chi connectivity index (χ1v) is 13.3. The van der Waals surface area contributed by atoms with E-state index in [0.717, 1.165) is 29.1 Å². The molecule has 4 rings (SSSR count). The molecule has 1 aliphatic rings. The van der Waals surface area contributed by atoms with Crippen LogP contribution in [0.25, 0.3) is 0 Å². The number of benzene rings is 2. The topological polar surface area (TPSA) is 78.9 Å². The first-order chi connectivity index (χ1) is 16.9. The van der Waals surface area contributed by atoms with E-state index in [1.54, 1.807) is 17.4 Å². The summed E-state index contributed by atoms with van der Waals surface area (Å²) in [5.41, 5.74) is 4.15. The summed E-state index contributed by atoms with van der Waals surface area (Å²) in [4.78, 5) is 28.4. The van der Waals surface area contributed by atoms with Crippen molar-refractivity contribution in [3.63, 3.8) is 0 Å². The summed E-state index contributed by atoms with van der Waals surface area (Å²) in [6, 6.07) is 13.2. The van der Waals surface area contributed by atoms with Crippen molar-refractivity contribution in [2.75, 3.05) is 25.1 Å². The van der Waals surface area contributed by atoms with Crippen molar-refractivity contribution < 1.29 is 19.4 Å². The third-order valence-electron chi connectivity index (χ3n) is 6.37. The molecule has 184 valence electrons. The Balaban J connectivity index is 1.66. The fourth-order valence-corrected chi connectivity index (χ4v) is 5.91. The molecule has 2 N–H and O–H groups in total. The molecular weight excluding hydrogens is 528 g/mol. The molecule has 2 heterocycles. The standard InChI is InChI=1S/C27H29BrN2O4S/c1-17-8-6-9-21(30-11-4-3-5-12-30)25(17)26(23-10-7-13-35-23)29-24(31)15-18-14-22(34-2)19(27(32)33)16-20(18)28/h6-10,13-14,16,26H,3-5,11-12,15H2,1-2H3,(H,29,31)(H,32,33). The summed E-state index contributed by atoms with van der Waals surface area (Å²) < 4.78 is 5.81. The number of anilines is 1. The van der Waals surface area contributed by atoms with Crippen molar-refractivity contribution >= 4 is 44.8 Å². The maximum absolute atomic E-state index is 13.4. The van der Waals surface area contributed by atoms with Crippen LogP contribution in [0.5, 0.6) is 5.75 Å². The van der Waals surface area contributed by atoms with E-state index < -0.39 is 5.97 Å². The minimum atomic E-state index is -1.08. The van der Waals surface area contributed by atoms with Gasteiger partial charge in [0.1, 0.15) is 11.3 Å². The van der Waals surface area contributed by atoms with E-state index in [-0.39, 0.29) is 29.7 Å². The molecule has 0 radical (unpaired) electrons. The fourth-order valence-electron chi connectivity index (χ4n) is 4.64. The Labute approximate surface area is 218 Å². The Kier molecular flexibility index (Phi) is 8.13. The molecule has 3 aromatic rings. The molecule has 1 unspecified atom stereocenters. The second-order valence-electron chi connectivity index (χ2n) is 8.70. The van der Waals surface area contributed by atoms with Gasteiger partial charge >= 0.3 is 5.97 Å². The lowest BCUT2D eigenvalue weighted by atomic mass is 9.95. The van der Waals surface area contributed by atoms with Crippen LogP contribution in [0.2, 0.25) is 0 Å². The van der Waals surface area contributed by atoms with E-state index in [1.165, 1.54) is 38.1 Å². The number of carboxylic acids is 1. The normalized spacial score (nSPS) is 14.4. The zero-order valence-electron chi connectivity index (χ0n) is 19.8. The number of carbonyl (C=O) groups is 2. The number of rotatable bonds is 8. The average molecular weight is 558 g/mol. The Hall–Kier alpha value is -2.84. The van der Waals surface area contributed by atoms with E-state index >= 15 is 0 Å². The lowest BCUT2D eigenvalue weighted by Gasteiger charge is -2.33. The van der Waals surface area contributed by atoms with Crippen molar-refractivity contribution in [3.05, 3.63) is 79.4 Å². The molecule has 1 atom stereocenters. The SMILES string of the molecule is COc1cc(CC(=O)NC(c2cccs2)c2c(C)cccc2N2CCCCC2)c(Br)cc1C(=O)O. The number of hydrogen-bond acceptors (Lipinski definition) is 5. The van der Waals surface area contributed by atoms with Crippen LogP contribution >= 0.6 is 27.3 Å². The molecule has 0 spiro atoms. The Bertz CT molecular complexity index is 1210. The van der Waals surface area contributed by atoms with Crippen LogP contribution < -0.4 is 15.0 Å². The van der Waals surface area contributed by atoms with Gasteiger partial charge in [-0.2, -0.15) is 0 Å². The second-order valence-corrected chi connectivity index (χ2v) is 10.5. The number of methoxy groups -OCH3 is 1. The van der Waals surface area contributed by atoms with E-state index in [2.05, 4.69) is 57.3 Å². The van der Waals surface area contributed by atoms with Gasteiger partial charge < -0.3 is 20.1 Å². The number of piperidine rings is 1. The maximum Gasteiger partial charge on any atom is 0.339 e. The third kappa shape index (κ3) is 5.70. The van der Waals surface area contributed by atoms with Gasteiger partial charge in [0.05, 0.1) is 19.6 Å². The highest BCUT2D eigenvalue weighted by Crippen LogP contribution is 2.37. The monoisotopic (exact) mass is 556 g/mol.